The third-order valence-corrected chi connectivity index (χ3v) is 2.99. The molecule has 0 fully saturated rings. The van der Waals surface area contributed by atoms with Crippen LogP contribution < -0.4 is 5.73 Å². The van der Waals surface area contributed by atoms with Gasteiger partial charge in [0, 0.05) is 16.6 Å². The Labute approximate surface area is 99.3 Å². The summed E-state index contributed by atoms with van der Waals surface area (Å²) < 4.78 is 0. The lowest BCUT2D eigenvalue weighted by Crippen LogP contribution is -1.84. The number of rotatable bonds is 1. The Bertz CT molecular complexity index is 683. The monoisotopic (exact) mass is 223 g/mol. The van der Waals surface area contributed by atoms with E-state index in [0.717, 1.165) is 27.8 Å². The van der Waals surface area contributed by atoms with Crippen molar-refractivity contribution in [1.29, 1.82) is 0 Å². The van der Waals surface area contributed by atoms with E-state index in [2.05, 4.69) is 29.3 Å². The number of nitrogens with zero attached hydrogens (tertiary/aromatic N) is 1. The van der Waals surface area contributed by atoms with Crippen molar-refractivity contribution in [3.8, 4) is 11.3 Å². The number of fused-ring (bicyclic) bond motifs is 1. The van der Waals surface area contributed by atoms with Crippen molar-refractivity contribution < 1.29 is 0 Å². The fourth-order valence-corrected chi connectivity index (χ4v) is 2.08. The molecule has 0 unspecified atom stereocenters. The van der Waals surface area contributed by atoms with E-state index >= 15 is 0 Å². The van der Waals surface area contributed by atoms with Crippen LogP contribution in [-0.4, -0.2) is 10.2 Å². The fourth-order valence-electron chi connectivity index (χ4n) is 2.08. The zero-order valence-corrected chi connectivity index (χ0v) is 9.57. The molecule has 0 bridgehead atoms. The molecule has 3 rings (SSSR count). The lowest BCUT2D eigenvalue weighted by molar-refractivity contribution is 1.12. The van der Waals surface area contributed by atoms with Crippen molar-refractivity contribution in [1.82, 2.24) is 10.2 Å². The van der Waals surface area contributed by atoms with Gasteiger partial charge in [-0.25, -0.2) is 0 Å². The Morgan fingerprint density at radius 2 is 1.94 bits per heavy atom. The second-order valence-corrected chi connectivity index (χ2v) is 4.19. The first-order chi connectivity index (χ1) is 8.25. The second-order valence-electron chi connectivity index (χ2n) is 4.19. The van der Waals surface area contributed by atoms with Crippen LogP contribution in [0.1, 0.15) is 5.56 Å². The van der Waals surface area contributed by atoms with Gasteiger partial charge in [0.1, 0.15) is 5.69 Å². The fraction of sp³-hybridized carbons (Fsp3) is 0.0714. The molecule has 3 nitrogen and oxygen atoms in total. The number of nitrogen functional groups attached to an aromatic ring is 1. The van der Waals surface area contributed by atoms with Gasteiger partial charge < -0.3 is 5.73 Å². The van der Waals surface area contributed by atoms with Crippen LogP contribution in [0.3, 0.4) is 0 Å². The zero-order chi connectivity index (χ0) is 11.8. The van der Waals surface area contributed by atoms with E-state index in [4.69, 9.17) is 5.73 Å². The van der Waals surface area contributed by atoms with Crippen LogP contribution in [-0.2, 0) is 0 Å². The van der Waals surface area contributed by atoms with E-state index in [1.807, 2.05) is 30.3 Å². The number of nitrogens with one attached hydrogen (secondary N) is 1. The minimum absolute atomic E-state index is 0.748. The molecule has 0 aliphatic carbocycles. The van der Waals surface area contributed by atoms with E-state index in [1.165, 1.54) is 5.56 Å². The van der Waals surface area contributed by atoms with Gasteiger partial charge in [0.05, 0.1) is 5.52 Å². The number of hydrogen-bond donors (Lipinski definition) is 2. The molecule has 0 saturated heterocycles. The van der Waals surface area contributed by atoms with E-state index in [1.54, 1.807) is 0 Å². The molecular formula is C14H13N3. The molecule has 3 N–H and O–H groups in total. The van der Waals surface area contributed by atoms with Crippen molar-refractivity contribution in [2.24, 2.45) is 0 Å². The highest BCUT2D eigenvalue weighted by molar-refractivity contribution is 5.94. The van der Waals surface area contributed by atoms with E-state index in [0.29, 0.717) is 0 Å². The lowest BCUT2D eigenvalue weighted by atomic mass is 10.0. The molecule has 1 aromatic heterocycles. The SMILES string of the molecule is Cc1ccccc1-c1n[nH]c2cc(N)ccc12. The molecule has 3 aromatic rings. The summed E-state index contributed by atoms with van der Waals surface area (Å²) in [6, 6.07) is 14.1. The highest BCUT2D eigenvalue weighted by atomic mass is 15.1. The number of H-pyrrole nitrogens is 1. The molecule has 0 aliphatic heterocycles. The summed E-state index contributed by atoms with van der Waals surface area (Å²) in [6.07, 6.45) is 0. The summed E-state index contributed by atoms with van der Waals surface area (Å²) >= 11 is 0. The molecule has 0 amide bonds. The maximum atomic E-state index is 5.75. The lowest BCUT2D eigenvalue weighted by Gasteiger charge is -2.02. The van der Waals surface area contributed by atoms with Crippen LogP contribution in [0.15, 0.2) is 42.5 Å². The second kappa shape index (κ2) is 3.63. The van der Waals surface area contributed by atoms with E-state index in [9.17, 15) is 0 Å². The maximum Gasteiger partial charge on any atom is 0.100 e. The molecule has 84 valence electrons. The zero-order valence-electron chi connectivity index (χ0n) is 9.57. The quantitative estimate of drug-likeness (QED) is 0.623. The van der Waals surface area contributed by atoms with Crippen LogP contribution in [0.25, 0.3) is 22.2 Å². The Balaban J connectivity index is 2.29. The number of hydrogen-bond acceptors (Lipinski definition) is 2. The van der Waals surface area contributed by atoms with Crippen LogP contribution in [0.2, 0.25) is 0 Å². The molecule has 0 spiro atoms. The van der Waals surface area contributed by atoms with Crippen molar-refractivity contribution in [3.63, 3.8) is 0 Å². The van der Waals surface area contributed by atoms with Crippen LogP contribution in [0.4, 0.5) is 5.69 Å². The van der Waals surface area contributed by atoms with Crippen molar-refractivity contribution in [2.75, 3.05) is 5.73 Å². The molecule has 0 radical (unpaired) electrons. The number of aromatic nitrogens is 2. The van der Waals surface area contributed by atoms with Crippen molar-refractivity contribution >= 4 is 16.6 Å². The van der Waals surface area contributed by atoms with Gasteiger partial charge in [-0.05, 0) is 30.7 Å². The van der Waals surface area contributed by atoms with E-state index < -0.39 is 0 Å². The van der Waals surface area contributed by atoms with E-state index in [-0.39, 0.29) is 0 Å². The molecular weight excluding hydrogens is 210 g/mol. The Morgan fingerprint density at radius 1 is 1.12 bits per heavy atom. The molecule has 0 atom stereocenters. The van der Waals surface area contributed by atoms with Gasteiger partial charge in [0.2, 0.25) is 0 Å². The molecule has 2 aromatic carbocycles. The predicted octanol–water partition coefficient (Wildman–Crippen LogP) is 3.12. The first kappa shape index (κ1) is 9.90. The Hall–Kier alpha value is -2.29. The third-order valence-electron chi connectivity index (χ3n) is 2.99. The van der Waals surface area contributed by atoms with Crippen LogP contribution >= 0.6 is 0 Å². The number of aromatic amines is 1. The van der Waals surface area contributed by atoms with Crippen LogP contribution in [0, 0.1) is 6.92 Å². The van der Waals surface area contributed by atoms with Gasteiger partial charge in [0.15, 0.2) is 0 Å². The average Bonchev–Trinajstić information content (AvgIpc) is 2.72. The summed E-state index contributed by atoms with van der Waals surface area (Å²) in [7, 11) is 0. The minimum atomic E-state index is 0.748. The van der Waals surface area contributed by atoms with Crippen molar-refractivity contribution in [2.45, 2.75) is 6.92 Å². The first-order valence-corrected chi connectivity index (χ1v) is 5.55. The van der Waals surface area contributed by atoms with Gasteiger partial charge in [-0.1, -0.05) is 24.3 Å². The standard InChI is InChI=1S/C14H13N3/c1-9-4-2-3-5-11(9)14-12-7-6-10(15)8-13(12)16-17-14/h2-8H,15H2,1H3,(H,16,17). The molecule has 0 aliphatic rings. The molecule has 17 heavy (non-hydrogen) atoms. The number of nitrogens with two attached hydrogens (primary N) is 1. The van der Waals surface area contributed by atoms with Gasteiger partial charge in [-0.3, -0.25) is 5.10 Å². The average molecular weight is 223 g/mol. The predicted molar refractivity (Wildman–Crippen MR) is 70.7 cm³/mol. The van der Waals surface area contributed by atoms with Gasteiger partial charge >= 0.3 is 0 Å². The van der Waals surface area contributed by atoms with Crippen LogP contribution in [0.5, 0.6) is 0 Å². The molecule has 0 saturated carbocycles. The third kappa shape index (κ3) is 1.56. The summed E-state index contributed by atoms with van der Waals surface area (Å²) in [5.74, 6) is 0. The summed E-state index contributed by atoms with van der Waals surface area (Å²) in [5.41, 5.74) is 10.8. The number of anilines is 1. The smallest absolute Gasteiger partial charge is 0.100 e. The Morgan fingerprint density at radius 3 is 2.76 bits per heavy atom. The highest BCUT2D eigenvalue weighted by Crippen LogP contribution is 2.29. The molecule has 3 heteroatoms. The van der Waals surface area contributed by atoms with Gasteiger partial charge in [-0.2, -0.15) is 5.10 Å². The van der Waals surface area contributed by atoms with Gasteiger partial charge in [-0.15, -0.1) is 0 Å². The number of benzene rings is 2. The summed E-state index contributed by atoms with van der Waals surface area (Å²) in [4.78, 5) is 0. The summed E-state index contributed by atoms with van der Waals surface area (Å²) in [6.45, 7) is 2.09. The highest BCUT2D eigenvalue weighted by Gasteiger charge is 2.09. The largest absolute Gasteiger partial charge is 0.399 e. The van der Waals surface area contributed by atoms with Crippen molar-refractivity contribution in [3.05, 3.63) is 48.0 Å². The summed E-state index contributed by atoms with van der Waals surface area (Å²) in [5, 5.41) is 8.52. The normalized spacial score (nSPS) is 10.9. The Kier molecular flexibility index (Phi) is 2.11. The number of aryl methyl sites for hydroxylation is 1. The maximum absolute atomic E-state index is 5.75. The molecule has 1 heterocycles. The minimum Gasteiger partial charge on any atom is -0.399 e. The first-order valence-electron chi connectivity index (χ1n) is 5.55. The van der Waals surface area contributed by atoms with Gasteiger partial charge in [0.25, 0.3) is 0 Å². The topological polar surface area (TPSA) is 54.7 Å².